The minimum Gasteiger partial charge on any atom is -0.379 e. The molecule has 0 bridgehead atoms. The molecule has 0 aliphatic heterocycles. The number of unbranched alkanes of at least 4 members (excludes halogenated alkanes) is 1. The Bertz CT molecular complexity index is 1240. The first-order valence-electron chi connectivity index (χ1n) is 11.4. The lowest BCUT2D eigenvalue weighted by Gasteiger charge is -2.43. The van der Waals surface area contributed by atoms with E-state index < -0.39 is 101 Å². The monoisotopic (exact) mass is 816 g/mol. The molecule has 31 heteroatoms. The molecule has 49 heavy (non-hydrogen) atoms. The zero-order valence-corrected chi connectivity index (χ0v) is 23.3. The lowest BCUT2D eigenvalue weighted by Crippen LogP contribution is -2.75. The van der Waals surface area contributed by atoms with Crippen molar-refractivity contribution >= 4 is 10.1 Å². The van der Waals surface area contributed by atoms with Crippen LogP contribution in [0.5, 0.6) is 0 Å². The van der Waals surface area contributed by atoms with Crippen LogP contribution in [-0.4, -0.2) is 99.3 Å². The van der Waals surface area contributed by atoms with Gasteiger partial charge in [0.1, 0.15) is 0 Å². The molecular formula is C18H13F25O5S. The summed E-state index contributed by atoms with van der Waals surface area (Å²) >= 11 is 0. The van der Waals surface area contributed by atoms with Gasteiger partial charge in [0.05, 0.1) is 13.2 Å². The van der Waals surface area contributed by atoms with E-state index in [-0.39, 0.29) is 6.42 Å². The van der Waals surface area contributed by atoms with Gasteiger partial charge in [-0.25, -0.2) is 0 Å². The molecule has 0 rings (SSSR count). The van der Waals surface area contributed by atoms with E-state index in [1.165, 1.54) is 6.92 Å². The largest absolute Gasteiger partial charge is 0.460 e. The molecule has 0 unspecified atom stereocenters. The summed E-state index contributed by atoms with van der Waals surface area (Å²) < 4.78 is 365. The number of ether oxygens (including phenoxy) is 2. The first kappa shape index (κ1) is 47.1. The van der Waals surface area contributed by atoms with E-state index in [4.69, 9.17) is 0 Å². The Morgan fingerprint density at radius 2 is 0.776 bits per heavy atom. The molecule has 0 aromatic carbocycles. The van der Waals surface area contributed by atoms with Gasteiger partial charge >= 0.3 is 81.1 Å². The number of alkyl halides is 25. The molecule has 0 aromatic heterocycles. The summed E-state index contributed by atoms with van der Waals surface area (Å²) in [4.78, 5) is 0. The van der Waals surface area contributed by atoms with Crippen molar-refractivity contribution in [1.82, 2.24) is 0 Å². The van der Waals surface area contributed by atoms with Crippen LogP contribution in [0.1, 0.15) is 19.8 Å². The van der Waals surface area contributed by atoms with E-state index in [0.29, 0.717) is 6.42 Å². The first-order chi connectivity index (χ1) is 21.0. The molecule has 0 aliphatic rings. The van der Waals surface area contributed by atoms with Crippen molar-refractivity contribution in [3.63, 3.8) is 0 Å². The maximum absolute atomic E-state index is 13.9. The molecule has 0 N–H and O–H groups in total. The highest BCUT2D eigenvalue weighted by Gasteiger charge is 2.96. The van der Waals surface area contributed by atoms with E-state index in [2.05, 4.69) is 9.47 Å². The zero-order valence-electron chi connectivity index (χ0n) is 22.4. The topological polar surface area (TPSA) is 61.8 Å². The van der Waals surface area contributed by atoms with Crippen LogP contribution < -0.4 is 0 Å². The van der Waals surface area contributed by atoms with Gasteiger partial charge in [-0.3, -0.25) is 0 Å². The van der Waals surface area contributed by atoms with Crippen LogP contribution in [0.2, 0.25) is 0 Å². The second-order valence-electron chi connectivity index (χ2n) is 9.00. The maximum atomic E-state index is 13.9. The van der Waals surface area contributed by atoms with Crippen LogP contribution in [-0.2, 0) is 23.8 Å². The zero-order chi connectivity index (χ0) is 40.2. The molecule has 0 spiro atoms. The fourth-order valence-corrected chi connectivity index (χ4v) is 3.51. The molecule has 296 valence electrons. The summed E-state index contributed by atoms with van der Waals surface area (Å²) in [5, 5.41) is -8.66. The fraction of sp³-hybridized carbons (Fsp3) is 1.00. The summed E-state index contributed by atoms with van der Waals surface area (Å²) in [6.07, 6.45) is -23.7. The average Bonchev–Trinajstić information content (AvgIpc) is 2.88. The fourth-order valence-electron chi connectivity index (χ4n) is 2.58. The van der Waals surface area contributed by atoms with E-state index in [9.17, 15) is 118 Å². The van der Waals surface area contributed by atoms with Crippen molar-refractivity contribution in [2.45, 2.75) is 90.8 Å². The summed E-state index contributed by atoms with van der Waals surface area (Å²) in [5.41, 5.74) is 0. The summed E-state index contributed by atoms with van der Waals surface area (Å²) in [6.45, 7) is -2.25. The van der Waals surface area contributed by atoms with Gasteiger partial charge in [-0.1, -0.05) is 13.3 Å². The predicted molar refractivity (Wildman–Crippen MR) is 102 cm³/mol. The molecule has 0 saturated heterocycles. The van der Waals surface area contributed by atoms with Gasteiger partial charge in [0.15, 0.2) is 0 Å². The van der Waals surface area contributed by atoms with Gasteiger partial charge in [-0.05, 0) is 6.42 Å². The summed E-state index contributed by atoms with van der Waals surface area (Å²) in [5.74, 6) is -71.4. The highest BCUT2D eigenvalue weighted by atomic mass is 32.2. The molecule has 5 nitrogen and oxygen atoms in total. The maximum Gasteiger partial charge on any atom is 0.460 e. The third kappa shape index (κ3) is 7.13. The Labute approximate surface area is 253 Å². The molecule has 0 fully saturated rings. The van der Waals surface area contributed by atoms with E-state index in [0.717, 1.165) is 4.18 Å². The Morgan fingerprint density at radius 3 is 1.12 bits per heavy atom. The quantitative estimate of drug-likeness (QED) is 0.0744. The van der Waals surface area contributed by atoms with Crippen molar-refractivity contribution in [1.29, 1.82) is 0 Å². The Hall–Kier alpha value is -1.92. The molecule has 0 radical (unpaired) electrons. The molecule has 0 heterocycles. The second kappa shape index (κ2) is 13.2. The van der Waals surface area contributed by atoms with Gasteiger partial charge in [-0.2, -0.15) is 122 Å². The van der Waals surface area contributed by atoms with Crippen LogP contribution >= 0.6 is 0 Å². The first-order valence-corrected chi connectivity index (χ1v) is 12.8. The standard InChI is InChI=1S/C18H13F25O5S/c1-2-3-4-46-5-6-47-16(38,39)12(29,30)9(23,24)7(19,20)8(21,22)10(25,26)13(31,32)17(40,41)48-49(44,45)18(42,43)14(33,34)11(27,28)15(35,36)37/h2-6H2,1H3. The van der Waals surface area contributed by atoms with Crippen molar-refractivity contribution in [2.75, 3.05) is 19.8 Å². The highest BCUT2D eigenvalue weighted by Crippen LogP contribution is 2.64. The van der Waals surface area contributed by atoms with Gasteiger partial charge in [0.25, 0.3) is 0 Å². The summed E-state index contributed by atoms with van der Waals surface area (Å²) in [7, 11) is -9.48. The van der Waals surface area contributed by atoms with Crippen LogP contribution in [0, 0.1) is 0 Å². The van der Waals surface area contributed by atoms with Crippen molar-refractivity contribution in [3.05, 3.63) is 0 Å². The molecule has 0 aliphatic carbocycles. The van der Waals surface area contributed by atoms with Crippen molar-refractivity contribution < 1.29 is 132 Å². The molecule has 0 atom stereocenters. The Kier molecular flexibility index (Phi) is 12.7. The lowest BCUT2D eigenvalue weighted by atomic mass is 9.90. The van der Waals surface area contributed by atoms with Crippen LogP contribution in [0.25, 0.3) is 0 Å². The number of rotatable bonds is 19. The van der Waals surface area contributed by atoms with Crippen LogP contribution in [0.4, 0.5) is 110 Å². The van der Waals surface area contributed by atoms with E-state index in [1.54, 1.807) is 0 Å². The minimum absolute atomic E-state index is 0.101. The third-order valence-electron chi connectivity index (χ3n) is 5.50. The van der Waals surface area contributed by atoms with E-state index in [1.807, 2.05) is 0 Å². The van der Waals surface area contributed by atoms with Gasteiger partial charge in [0, 0.05) is 6.61 Å². The normalized spacial score (nSPS) is 16.4. The van der Waals surface area contributed by atoms with E-state index >= 15 is 0 Å². The SMILES string of the molecule is CCCCOCCOC(F)(F)C(F)(F)C(F)(F)C(F)(F)C(F)(F)C(F)(F)C(F)(F)C(F)(F)OS(=O)(=O)C(F)(F)C(F)(F)C(F)(F)C(F)(F)F. The number of halogens is 25. The van der Waals surface area contributed by atoms with Crippen molar-refractivity contribution in [3.8, 4) is 0 Å². The Balaban J connectivity index is 6.88. The average molecular weight is 816 g/mol. The smallest absolute Gasteiger partial charge is 0.379 e. The molecule has 0 saturated carbocycles. The minimum atomic E-state index is -9.48. The molecular weight excluding hydrogens is 803 g/mol. The number of hydrogen-bond donors (Lipinski definition) is 0. The summed E-state index contributed by atoms with van der Waals surface area (Å²) in [6, 6.07) is 0. The molecule has 0 aromatic rings. The highest BCUT2D eigenvalue weighted by molar-refractivity contribution is 7.87. The van der Waals surface area contributed by atoms with Gasteiger partial charge < -0.3 is 9.47 Å². The second-order valence-corrected chi connectivity index (χ2v) is 10.6. The lowest BCUT2D eigenvalue weighted by molar-refractivity contribution is -0.480. The van der Waals surface area contributed by atoms with Crippen LogP contribution in [0.3, 0.4) is 0 Å². The third-order valence-corrected chi connectivity index (χ3v) is 6.81. The van der Waals surface area contributed by atoms with Crippen molar-refractivity contribution in [2.24, 2.45) is 0 Å². The van der Waals surface area contributed by atoms with Gasteiger partial charge in [0.2, 0.25) is 0 Å². The van der Waals surface area contributed by atoms with Gasteiger partial charge in [-0.15, -0.1) is 0 Å². The molecule has 0 amide bonds. The number of hydrogen-bond acceptors (Lipinski definition) is 5. The van der Waals surface area contributed by atoms with Crippen LogP contribution in [0.15, 0.2) is 0 Å². The Morgan fingerprint density at radius 1 is 0.429 bits per heavy atom. The predicted octanol–water partition coefficient (Wildman–Crippen LogP) is 8.59.